The van der Waals surface area contributed by atoms with Crippen LogP contribution in [0.4, 0.5) is 10.1 Å². The van der Waals surface area contributed by atoms with Crippen molar-refractivity contribution >= 4 is 28.3 Å². The quantitative estimate of drug-likeness (QED) is 0.117. The zero-order valence-corrected chi connectivity index (χ0v) is 27.6. The minimum Gasteiger partial charge on any atom is -0.473 e. The topological polar surface area (TPSA) is 91.7 Å². The van der Waals surface area contributed by atoms with Gasteiger partial charge in [0.25, 0.3) is 0 Å². The maximum atomic E-state index is 14.3. The van der Waals surface area contributed by atoms with Crippen LogP contribution in [0.3, 0.4) is 0 Å². The van der Waals surface area contributed by atoms with Crippen LogP contribution in [0.2, 0.25) is 0 Å². The lowest BCUT2D eigenvalue weighted by atomic mass is 10.0. The first-order valence-corrected chi connectivity index (χ1v) is 16.0. The van der Waals surface area contributed by atoms with Crippen molar-refractivity contribution in [3.8, 4) is 5.88 Å². The van der Waals surface area contributed by atoms with Crippen LogP contribution in [0.1, 0.15) is 67.2 Å². The van der Waals surface area contributed by atoms with Gasteiger partial charge in [0.2, 0.25) is 5.88 Å². The molecule has 5 aromatic rings. The summed E-state index contributed by atoms with van der Waals surface area (Å²) in [7, 11) is 0. The molecule has 0 saturated carbocycles. The number of pyridine rings is 1. The summed E-state index contributed by atoms with van der Waals surface area (Å²) in [5.74, 6) is 0.478. The summed E-state index contributed by atoms with van der Waals surface area (Å²) in [5, 5.41) is 0. The molecule has 0 aliphatic carbocycles. The van der Waals surface area contributed by atoms with Gasteiger partial charge in [0, 0.05) is 37.5 Å². The van der Waals surface area contributed by atoms with Gasteiger partial charge in [-0.15, -0.1) is 0 Å². The zero-order chi connectivity index (χ0) is 33.8. The maximum absolute atomic E-state index is 14.3. The van der Waals surface area contributed by atoms with Crippen LogP contribution in [0.15, 0.2) is 73.2 Å². The number of nitrogens with zero attached hydrogens (tertiary/aromatic N) is 7. The lowest BCUT2D eigenvalue weighted by Crippen LogP contribution is -2.29. The first kappa shape index (κ1) is 32.6. The number of esters is 1. The molecule has 0 fully saturated rings. The average Bonchev–Trinajstić information content (AvgIpc) is 3.67. The third kappa shape index (κ3) is 7.45. The van der Waals surface area contributed by atoms with Gasteiger partial charge in [-0.1, -0.05) is 24.3 Å². The normalized spacial score (nSPS) is 13.7. The number of hydrogen-bond acceptors (Lipinski definition) is 7. The number of ether oxygens (including phenoxy) is 2. The number of rotatable bonds is 10. The lowest BCUT2D eigenvalue weighted by molar-refractivity contribution is 0.00696. The molecule has 48 heavy (non-hydrogen) atoms. The molecule has 0 radical (unpaired) electrons. The van der Waals surface area contributed by atoms with E-state index in [4.69, 9.17) is 21.0 Å². The first-order chi connectivity index (χ1) is 23.1. The van der Waals surface area contributed by atoms with E-state index in [-0.39, 0.29) is 18.3 Å². The standard InChI is InChI=1S/C37H38FN7O3/c1-6-44-24-40-20-29(44)21-45-33-18-26(36(46)48-37(2,3)4)11-13-32(33)41-34(45)22-43-16-14-25(15-17-43)31-8-7-9-35(42-31)47-23-27-10-12-28(39-5)19-30(27)38/h7-14,18-20,24H,6,15-17,21-23H2,1-4H3. The third-order valence-corrected chi connectivity index (χ3v) is 8.17. The molecule has 6 rings (SSSR count). The van der Waals surface area contributed by atoms with E-state index in [1.54, 1.807) is 24.3 Å². The molecule has 4 heterocycles. The summed E-state index contributed by atoms with van der Waals surface area (Å²) in [5.41, 5.74) is 5.19. The zero-order valence-electron chi connectivity index (χ0n) is 27.6. The predicted molar refractivity (Wildman–Crippen MR) is 181 cm³/mol. The van der Waals surface area contributed by atoms with Gasteiger partial charge in [-0.25, -0.2) is 29.0 Å². The molecule has 2 aromatic carbocycles. The molecule has 11 heteroatoms. The van der Waals surface area contributed by atoms with Crippen molar-refractivity contribution in [2.75, 3.05) is 13.1 Å². The Morgan fingerprint density at radius 1 is 1.08 bits per heavy atom. The van der Waals surface area contributed by atoms with Crippen molar-refractivity contribution in [2.45, 2.75) is 66.0 Å². The molecule has 1 aliphatic heterocycles. The Labute approximate surface area is 279 Å². The largest absolute Gasteiger partial charge is 0.473 e. The SMILES string of the molecule is [C-]#[N+]c1ccc(COc2cccc(C3=CCN(Cc4nc5ccc(C(=O)OC(C)(C)C)cc5n4Cc4cncn4CC)CC3)n2)c(F)c1. The summed E-state index contributed by atoms with van der Waals surface area (Å²) in [6.45, 7) is 18.2. The van der Waals surface area contributed by atoms with E-state index in [1.807, 2.05) is 57.6 Å². The second-order valence-corrected chi connectivity index (χ2v) is 12.7. The molecule has 0 saturated heterocycles. The lowest BCUT2D eigenvalue weighted by Gasteiger charge is -2.26. The molecular formula is C37H38FN7O3. The minimum atomic E-state index is -0.595. The number of carbonyl (C=O) groups is 1. The van der Waals surface area contributed by atoms with Crippen LogP contribution in [0, 0.1) is 12.4 Å². The molecule has 0 atom stereocenters. The van der Waals surface area contributed by atoms with E-state index in [2.05, 4.69) is 41.8 Å². The highest BCUT2D eigenvalue weighted by atomic mass is 19.1. The van der Waals surface area contributed by atoms with Gasteiger partial charge in [0.15, 0.2) is 5.69 Å². The number of fused-ring (bicyclic) bond motifs is 1. The van der Waals surface area contributed by atoms with Gasteiger partial charge in [-0.05, 0) is 70.0 Å². The Balaban J connectivity index is 1.19. The Kier molecular flexibility index (Phi) is 9.37. The number of aromatic nitrogens is 5. The van der Waals surface area contributed by atoms with Gasteiger partial charge in [-0.2, -0.15) is 0 Å². The van der Waals surface area contributed by atoms with Crippen LogP contribution >= 0.6 is 0 Å². The Morgan fingerprint density at radius 2 is 1.94 bits per heavy atom. The molecule has 246 valence electrons. The predicted octanol–water partition coefficient (Wildman–Crippen LogP) is 7.21. The number of hydrogen-bond donors (Lipinski definition) is 0. The van der Waals surface area contributed by atoms with Gasteiger partial charge >= 0.3 is 5.97 Å². The second kappa shape index (κ2) is 13.8. The number of benzene rings is 2. The highest BCUT2D eigenvalue weighted by Crippen LogP contribution is 2.27. The summed E-state index contributed by atoms with van der Waals surface area (Å²) >= 11 is 0. The molecule has 0 spiro atoms. The van der Waals surface area contributed by atoms with Crippen molar-refractivity contribution in [3.63, 3.8) is 0 Å². The molecule has 3 aromatic heterocycles. The van der Waals surface area contributed by atoms with E-state index < -0.39 is 11.4 Å². The van der Waals surface area contributed by atoms with E-state index in [0.29, 0.717) is 36.6 Å². The number of halogens is 1. The average molecular weight is 648 g/mol. The van der Waals surface area contributed by atoms with Crippen molar-refractivity contribution < 1.29 is 18.7 Å². The molecule has 10 nitrogen and oxygen atoms in total. The number of aryl methyl sites for hydroxylation is 1. The van der Waals surface area contributed by atoms with E-state index >= 15 is 0 Å². The molecule has 0 bridgehead atoms. The van der Waals surface area contributed by atoms with Crippen molar-refractivity contribution in [3.05, 3.63) is 119 Å². The third-order valence-electron chi connectivity index (χ3n) is 8.17. The van der Waals surface area contributed by atoms with Gasteiger partial charge in [0.1, 0.15) is 23.8 Å². The van der Waals surface area contributed by atoms with Crippen LogP contribution in [0.25, 0.3) is 21.5 Å². The van der Waals surface area contributed by atoms with E-state index in [1.165, 1.54) is 6.07 Å². The fourth-order valence-corrected chi connectivity index (χ4v) is 5.70. The van der Waals surface area contributed by atoms with Crippen LogP contribution < -0.4 is 4.74 Å². The smallest absolute Gasteiger partial charge is 0.338 e. The Morgan fingerprint density at radius 3 is 2.67 bits per heavy atom. The van der Waals surface area contributed by atoms with Crippen molar-refractivity contribution in [2.24, 2.45) is 0 Å². The van der Waals surface area contributed by atoms with Crippen LogP contribution in [0.5, 0.6) is 5.88 Å². The van der Waals surface area contributed by atoms with Crippen LogP contribution in [-0.4, -0.2) is 53.6 Å². The molecule has 0 unspecified atom stereocenters. The first-order valence-electron chi connectivity index (χ1n) is 16.0. The molecule has 0 N–H and O–H groups in total. The summed E-state index contributed by atoms with van der Waals surface area (Å²) < 4.78 is 30.1. The van der Waals surface area contributed by atoms with Gasteiger partial charge < -0.3 is 18.6 Å². The van der Waals surface area contributed by atoms with Crippen molar-refractivity contribution in [1.82, 2.24) is 29.0 Å². The van der Waals surface area contributed by atoms with E-state index in [9.17, 15) is 9.18 Å². The highest BCUT2D eigenvalue weighted by molar-refractivity contribution is 5.94. The van der Waals surface area contributed by atoms with Crippen molar-refractivity contribution in [1.29, 1.82) is 0 Å². The summed E-state index contributed by atoms with van der Waals surface area (Å²) in [6, 6.07) is 15.5. The fraction of sp³-hybridized carbons (Fsp3) is 0.324. The fourth-order valence-electron chi connectivity index (χ4n) is 5.70. The summed E-state index contributed by atoms with van der Waals surface area (Å²) in [4.78, 5) is 32.6. The minimum absolute atomic E-state index is 0.0205. The molecule has 0 amide bonds. The second-order valence-electron chi connectivity index (χ2n) is 12.7. The van der Waals surface area contributed by atoms with Crippen LogP contribution in [-0.2, 0) is 31.0 Å². The highest BCUT2D eigenvalue weighted by Gasteiger charge is 2.22. The monoisotopic (exact) mass is 647 g/mol. The molecule has 1 aliphatic rings. The molecular weight excluding hydrogens is 609 g/mol. The number of carbonyl (C=O) groups excluding carboxylic acids is 1. The van der Waals surface area contributed by atoms with Gasteiger partial charge in [-0.3, -0.25) is 4.90 Å². The Hall–Kier alpha value is -5.34. The number of imidazole rings is 2. The van der Waals surface area contributed by atoms with Gasteiger partial charge in [0.05, 0.1) is 54.0 Å². The Bertz CT molecular complexity index is 2030. The summed E-state index contributed by atoms with van der Waals surface area (Å²) in [6.07, 6.45) is 6.67. The van der Waals surface area contributed by atoms with E-state index in [0.717, 1.165) is 53.3 Å². The maximum Gasteiger partial charge on any atom is 0.338 e.